The summed E-state index contributed by atoms with van der Waals surface area (Å²) >= 11 is 0. The van der Waals surface area contributed by atoms with Crippen LogP contribution in [0.25, 0.3) is 0 Å². The molecule has 5 heteroatoms. The quantitative estimate of drug-likeness (QED) is 0.765. The molecule has 0 aliphatic carbocycles. The van der Waals surface area contributed by atoms with Crippen LogP contribution in [-0.4, -0.2) is 4.98 Å². The maximum absolute atomic E-state index is 13.6. The fourth-order valence-electron chi connectivity index (χ4n) is 2.17. The number of aromatic nitrogens is 1. The van der Waals surface area contributed by atoms with Crippen LogP contribution < -0.4 is 5.32 Å². The van der Waals surface area contributed by atoms with Gasteiger partial charge in [0.25, 0.3) is 6.01 Å². The summed E-state index contributed by atoms with van der Waals surface area (Å²) in [6, 6.07) is 11.8. The van der Waals surface area contributed by atoms with Crippen molar-refractivity contribution in [2.75, 3.05) is 5.32 Å². The maximum Gasteiger partial charge on any atom is 0.299 e. The summed E-state index contributed by atoms with van der Waals surface area (Å²) in [6.07, 6.45) is 1.48. The van der Waals surface area contributed by atoms with Gasteiger partial charge in [-0.15, -0.1) is 0 Å². The van der Waals surface area contributed by atoms with Crippen molar-refractivity contribution in [3.05, 3.63) is 77.2 Å². The zero-order valence-electron chi connectivity index (χ0n) is 11.9. The van der Waals surface area contributed by atoms with E-state index in [0.717, 1.165) is 11.3 Å². The number of benzene rings is 2. The summed E-state index contributed by atoms with van der Waals surface area (Å²) in [5, 5.41) is 3.01. The summed E-state index contributed by atoms with van der Waals surface area (Å²) < 4.78 is 32.7. The predicted octanol–water partition coefficient (Wildman–Crippen LogP) is 4.60. The molecule has 0 bridgehead atoms. The molecule has 1 N–H and O–H groups in total. The predicted molar refractivity (Wildman–Crippen MR) is 80.1 cm³/mol. The molecule has 1 heterocycles. The molecule has 0 saturated carbocycles. The molecule has 0 spiro atoms. The minimum atomic E-state index is -0.593. The topological polar surface area (TPSA) is 38.1 Å². The Hall–Kier alpha value is -2.69. The van der Waals surface area contributed by atoms with Gasteiger partial charge in [0.05, 0.1) is 6.20 Å². The lowest BCUT2D eigenvalue weighted by Crippen LogP contribution is -1.95. The molecule has 0 saturated heterocycles. The normalized spacial score (nSPS) is 10.7. The molecule has 3 rings (SSSR count). The van der Waals surface area contributed by atoms with Crippen LogP contribution in [0, 0.1) is 18.6 Å². The van der Waals surface area contributed by atoms with Crippen LogP contribution in [0.3, 0.4) is 0 Å². The number of nitrogens with zero attached hydrogens (tertiary/aromatic N) is 1. The van der Waals surface area contributed by atoms with Gasteiger partial charge in [0.15, 0.2) is 0 Å². The van der Waals surface area contributed by atoms with Gasteiger partial charge < -0.3 is 9.73 Å². The van der Waals surface area contributed by atoms with Crippen molar-refractivity contribution in [1.82, 2.24) is 4.98 Å². The van der Waals surface area contributed by atoms with Crippen LogP contribution in [0.5, 0.6) is 0 Å². The van der Waals surface area contributed by atoms with Crippen LogP contribution in [0.4, 0.5) is 20.5 Å². The van der Waals surface area contributed by atoms with Crippen molar-refractivity contribution in [3.8, 4) is 0 Å². The highest BCUT2D eigenvalue weighted by atomic mass is 19.1. The Bertz CT molecular complexity index is 779. The second kappa shape index (κ2) is 5.97. The first kappa shape index (κ1) is 14.3. The zero-order valence-corrected chi connectivity index (χ0v) is 11.9. The standard InChI is InChI=1S/C17H14F2N2O/c1-11-4-2-5-12(8-11)21-17-20-10-13(22-17)9-14-15(18)6-3-7-16(14)19/h2-8,10H,9H2,1H3,(H,20,21). The lowest BCUT2D eigenvalue weighted by Gasteiger charge is -2.03. The maximum atomic E-state index is 13.6. The van der Waals surface area contributed by atoms with Gasteiger partial charge in [-0.3, -0.25) is 0 Å². The van der Waals surface area contributed by atoms with Gasteiger partial charge in [0, 0.05) is 17.7 Å². The van der Waals surface area contributed by atoms with E-state index in [1.807, 2.05) is 31.2 Å². The largest absolute Gasteiger partial charge is 0.428 e. The van der Waals surface area contributed by atoms with Gasteiger partial charge in [-0.05, 0) is 36.8 Å². The SMILES string of the molecule is Cc1cccc(Nc2ncc(Cc3c(F)cccc3F)o2)c1. The Kier molecular flexibility index (Phi) is 3.87. The summed E-state index contributed by atoms with van der Waals surface area (Å²) in [5.74, 6) is -0.798. The smallest absolute Gasteiger partial charge is 0.299 e. The first-order chi connectivity index (χ1) is 10.6. The van der Waals surface area contributed by atoms with Gasteiger partial charge in [0.1, 0.15) is 17.4 Å². The van der Waals surface area contributed by atoms with E-state index in [1.165, 1.54) is 24.4 Å². The van der Waals surface area contributed by atoms with E-state index in [-0.39, 0.29) is 18.0 Å². The fourth-order valence-corrected chi connectivity index (χ4v) is 2.17. The number of halogens is 2. The van der Waals surface area contributed by atoms with Crippen molar-refractivity contribution in [1.29, 1.82) is 0 Å². The Morgan fingerprint density at radius 2 is 1.82 bits per heavy atom. The molecule has 0 unspecified atom stereocenters. The van der Waals surface area contributed by atoms with E-state index in [1.54, 1.807) is 0 Å². The Morgan fingerprint density at radius 3 is 2.55 bits per heavy atom. The minimum Gasteiger partial charge on any atom is -0.428 e. The molecule has 0 fully saturated rings. The second-order valence-electron chi connectivity index (χ2n) is 5.00. The number of rotatable bonds is 4. The van der Waals surface area contributed by atoms with E-state index in [2.05, 4.69) is 10.3 Å². The van der Waals surface area contributed by atoms with Gasteiger partial charge in [-0.2, -0.15) is 0 Å². The number of hydrogen-bond acceptors (Lipinski definition) is 3. The van der Waals surface area contributed by atoms with Crippen molar-refractivity contribution >= 4 is 11.7 Å². The van der Waals surface area contributed by atoms with Crippen molar-refractivity contribution in [2.45, 2.75) is 13.3 Å². The highest BCUT2D eigenvalue weighted by Crippen LogP contribution is 2.21. The fraction of sp³-hybridized carbons (Fsp3) is 0.118. The van der Waals surface area contributed by atoms with Crippen LogP contribution in [0.2, 0.25) is 0 Å². The van der Waals surface area contributed by atoms with Gasteiger partial charge in [-0.1, -0.05) is 18.2 Å². The minimum absolute atomic E-state index is 0.0149. The summed E-state index contributed by atoms with van der Waals surface area (Å²) in [6.45, 7) is 1.98. The molecular formula is C17H14F2N2O. The Balaban J connectivity index is 1.77. The third-order valence-corrected chi connectivity index (χ3v) is 3.24. The van der Waals surface area contributed by atoms with Gasteiger partial charge in [-0.25, -0.2) is 13.8 Å². The van der Waals surface area contributed by atoms with E-state index in [9.17, 15) is 8.78 Å². The first-order valence-corrected chi connectivity index (χ1v) is 6.83. The van der Waals surface area contributed by atoms with Crippen molar-refractivity contribution < 1.29 is 13.2 Å². The lowest BCUT2D eigenvalue weighted by atomic mass is 10.1. The second-order valence-corrected chi connectivity index (χ2v) is 5.00. The number of oxazole rings is 1. The molecule has 22 heavy (non-hydrogen) atoms. The zero-order chi connectivity index (χ0) is 15.5. The van der Waals surface area contributed by atoms with Crippen LogP contribution in [-0.2, 0) is 6.42 Å². The number of anilines is 2. The number of nitrogens with one attached hydrogen (secondary N) is 1. The molecule has 2 aromatic carbocycles. The van der Waals surface area contributed by atoms with Crippen LogP contribution in [0.15, 0.2) is 53.1 Å². The molecule has 0 radical (unpaired) electrons. The van der Waals surface area contributed by atoms with E-state index in [0.29, 0.717) is 5.76 Å². The van der Waals surface area contributed by atoms with Gasteiger partial charge in [0.2, 0.25) is 0 Å². The molecule has 0 aliphatic heterocycles. The lowest BCUT2D eigenvalue weighted by molar-refractivity contribution is 0.511. The average Bonchev–Trinajstić information content (AvgIpc) is 2.90. The van der Waals surface area contributed by atoms with E-state index < -0.39 is 11.6 Å². The average molecular weight is 300 g/mol. The summed E-state index contributed by atoms with van der Waals surface area (Å²) in [5.41, 5.74) is 1.91. The number of aryl methyl sites for hydroxylation is 1. The molecule has 0 atom stereocenters. The molecule has 3 nitrogen and oxygen atoms in total. The highest BCUT2D eigenvalue weighted by Gasteiger charge is 2.12. The molecule has 0 amide bonds. The molecule has 112 valence electrons. The molecule has 3 aromatic rings. The van der Waals surface area contributed by atoms with E-state index >= 15 is 0 Å². The highest BCUT2D eigenvalue weighted by molar-refractivity contribution is 5.53. The number of hydrogen-bond donors (Lipinski definition) is 1. The summed E-state index contributed by atoms with van der Waals surface area (Å²) in [7, 11) is 0. The summed E-state index contributed by atoms with van der Waals surface area (Å²) in [4.78, 5) is 4.07. The first-order valence-electron chi connectivity index (χ1n) is 6.83. The monoisotopic (exact) mass is 300 g/mol. The molecular weight excluding hydrogens is 286 g/mol. The molecule has 1 aromatic heterocycles. The van der Waals surface area contributed by atoms with Gasteiger partial charge >= 0.3 is 0 Å². The molecule has 0 aliphatic rings. The van der Waals surface area contributed by atoms with Crippen LogP contribution in [0.1, 0.15) is 16.9 Å². The Labute approximate surface area is 126 Å². The Morgan fingerprint density at radius 1 is 1.09 bits per heavy atom. The van der Waals surface area contributed by atoms with E-state index in [4.69, 9.17) is 4.42 Å². The van der Waals surface area contributed by atoms with Crippen molar-refractivity contribution in [2.24, 2.45) is 0 Å². The van der Waals surface area contributed by atoms with Crippen LogP contribution >= 0.6 is 0 Å². The third-order valence-electron chi connectivity index (χ3n) is 3.24. The van der Waals surface area contributed by atoms with Crippen molar-refractivity contribution in [3.63, 3.8) is 0 Å². The third kappa shape index (κ3) is 3.14.